The van der Waals surface area contributed by atoms with Crippen molar-refractivity contribution in [2.45, 2.75) is 6.04 Å². The molecule has 32 heavy (non-hydrogen) atoms. The van der Waals surface area contributed by atoms with Crippen LogP contribution in [-0.2, 0) is 4.79 Å². The highest BCUT2D eigenvalue weighted by Crippen LogP contribution is 2.29. The molecule has 0 spiro atoms. The molecule has 0 bridgehead atoms. The predicted molar refractivity (Wildman–Crippen MR) is 125 cm³/mol. The van der Waals surface area contributed by atoms with Crippen LogP contribution in [0.1, 0.15) is 22.7 Å². The highest BCUT2D eigenvalue weighted by atomic mass is 16.5. The first-order valence-electron chi connectivity index (χ1n) is 10.8. The molecule has 6 heteroatoms. The van der Waals surface area contributed by atoms with E-state index in [4.69, 9.17) is 9.84 Å². The Kier molecular flexibility index (Phi) is 7.15. The maximum absolute atomic E-state index is 10.8. The zero-order chi connectivity index (χ0) is 22.2. The second-order valence-electron chi connectivity index (χ2n) is 7.68. The van der Waals surface area contributed by atoms with Crippen LogP contribution in [0.15, 0.2) is 90.0 Å². The zero-order valence-electron chi connectivity index (χ0n) is 17.9. The number of ether oxygens (including phenoxy) is 1. The Balaban J connectivity index is 1.43. The van der Waals surface area contributed by atoms with Gasteiger partial charge in [-0.25, -0.2) is 4.79 Å². The number of hydrogen-bond donors (Lipinski definition) is 1. The molecule has 0 radical (unpaired) electrons. The van der Waals surface area contributed by atoms with Crippen molar-refractivity contribution in [3.05, 3.63) is 102 Å². The number of carboxylic acids is 1. The van der Waals surface area contributed by atoms with E-state index in [0.717, 1.165) is 31.7 Å². The fourth-order valence-corrected chi connectivity index (χ4v) is 3.97. The van der Waals surface area contributed by atoms with Gasteiger partial charge >= 0.3 is 5.97 Å². The molecule has 0 atom stereocenters. The van der Waals surface area contributed by atoms with Crippen LogP contribution >= 0.6 is 0 Å². The summed E-state index contributed by atoms with van der Waals surface area (Å²) in [5, 5.41) is 15.6. The molecule has 0 amide bonds. The number of benzene rings is 3. The molecule has 164 valence electrons. The summed E-state index contributed by atoms with van der Waals surface area (Å²) in [7, 11) is 0. The van der Waals surface area contributed by atoms with Gasteiger partial charge < -0.3 is 9.84 Å². The summed E-state index contributed by atoms with van der Waals surface area (Å²) in [6, 6.07) is 28.8. The number of hydrazone groups is 1. The fraction of sp³-hybridized carbons (Fsp3) is 0.231. The van der Waals surface area contributed by atoms with E-state index >= 15 is 0 Å². The Morgan fingerprint density at radius 2 is 1.44 bits per heavy atom. The summed E-state index contributed by atoms with van der Waals surface area (Å²) in [6.07, 6.45) is 1.75. The minimum absolute atomic E-state index is 0.216. The number of nitrogens with zero attached hydrogens (tertiary/aromatic N) is 3. The van der Waals surface area contributed by atoms with E-state index in [2.05, 4.69) is 75.7 Å². The molecule has 1 heterocycles. The van der Waals surface area contributed by atoms with Crippen LogP contribution in [0, 0.1) is 0 Å². The number of para-hydroxylation sites is 1. The van der Waals surface area contributed by atoms with Crippen molar-refractivity contribution in [1.82, 2.24) is 9.91 Å². The van der Waals surface area contributed by atoms with Crippen LogP contribution in [0.4, 0.5) is 0 Å². The molecule has 3 aromatic carbocycles. The van der Waals surface area contributed by atoms with E-state index in [1.54, 1.807) is 12.3 Å². The van der Waals surface area contributed by atoms with Crippen molar-refractivity contribution in [2.24, 2.45) is 5.10 Å². The van der Waals surface area contributed by atoms with Crippen molar-refractivity contribution in [2.75, 3.05) is 32.8 Å². The van der Waals surface area contributed by atoms with Gasteiger partial charge in [-0.3, -0.25) is 9.91 Å². The Morgan fingerprint density at radius 1 is 0.875 bits per heavy atom. The molecular weight excluding hydrogens is 402 g/mol. The summed E-state index contributed by atoms with van der Waals surface area (Å²) in [5.41, 5.74) is 3.35. The van der Waals surface area contributed by atoms with Gasteiger partial charge in [0, 0.05) is 31.7 Å². The molecule has 4 rings (SSSR count). The van der Waals surface area contributed by atoms with Crippen molar-refractivity contribution in [3.8, 4) is 5.75 Å². The molecule has 0 aromatic heterocycles. The van der Waals surface area contributed by atoms with Gasteiger partial charge in [-0.1, -0.05) is 72.8 Å². The van der Waals surface area contributed by atoms with E-state index in [0.29, 0.717) is 5.75 Å². The summed E-state index contributed by atoms with van der Waals surface area (Å²) in [5.74, 6) is -0.482. The van der Waals surface area contributed by atoms with E-state index in [1.807, 2.05) is 18.2 Å². The number of carboxylic acid groups (broad SMARTS) is 1. The zero-order valence-corrected chi connectivity index (χ0v) is 17.9. The van der Waals surface area contributed by atoms with Crippen LogP contribution in [-0.4, -0.2) is 60.0 Å². The standard InChI is InChI=1S/C26H27N3O3/c30-25(31)20-32-24-14-8-7-13-23(24)19-27-29-17-15-28(16-18-29)26(21-9-3-1-4-10-21)22-11-5-2-6-12-22/h1-14,19,26H,15-18,20H2,(H,30,31)/b27-19+. The van der Waals surface area contributed by atoms with Crippen LogP contribution in [0.25, 0.3) is 0 Å². The lowest BCUT2D eigenvalue weighted by molar-refractivity contribution is -0.139. The van der Waals surface area contributed by atoms with Crippen molar-refractivity contribution in [3.63, 3.8) is 0 Å². The van der Waals surface area contributed by atoms with E-state index in [9.17, 15) is 4.79 Å². The molecule has 1 saturated heterocycles. The molecule has 1 aliphatic heterocycles. The first-order chi connectivity index (χ1) is 15.7. The van der Waals surface area contributed by atoms with Gasteiger partial charge in [-0.2, -0.15) is 5.10 Å². The van der Waals surface area contributed by atoms with Crippen molar-refractivity contribution in [1.29, 1.82) is 0 Å². The van der Waals surface area contributed by atoms with Crippen molar-refractivity contribution < 1.29 is 14.6 Å². The monoisotopic (exact) mass is 429 g/mol. The molecule has 1 fully saturated rings. The molecular formula is C26H27N3O3. The number of rotatable bonds is 8. The molecule has 0 aliphatic carbocycles. The fourth-order valence-electron chi connectivity index (χ4n) is 3.97. The minimum Gasteiger partial charge on any atom is -0.481 e. The normalized spacial score (nSPS) is 14.7. The Morgan fingerprint density at radius 3 is 2.03 bits per heavy atom. The largest absolute Gasteiger partial charge is 0.481 e. The summed E-state index contributed by atoms with van der Waals surface area (Å²) >= 11 is 0. The van der Waals surface area contributed by atoms with Crippen LogP contribution in [0.2, 0.25) is 0 Å². The third kappa shape index (κ3) is 5.53. The summed E-state index contributed by atoms with van der Waals surface area (Å²) in [4.78, 5) is 13.3. The predicted octanol–water partition coefficient (Wildman–Crippen LogP) is 3.89. The summed E-state index contributed by atoms with van der Waals surface area (Å²) in [6.45, 7) is 3.03. The SMILES string of the molecule is O=C(O)COc1ccccc1/C=N/N1CCN(C(c2ccccc2)c2ccccc2)CC1. The van der Waals surface area contributed by atoms with Crippen LogP contribution < -0.4 is 4.74 Å². The lowest BCUT2D eigenvalue weighted by atomic mass is 9.96. The average molecular weight is 430 g/mol. The average Bonchev–Trinajstić information content (AvgIpc) is 2.84. The van der Waals surface area contributed by atoms with Gasteiger partial charge in [0.1, 0.15) is 5.75 Å². The van der Waals surface area contributed by atoms with Gasteiger partial charge in [-0.05, 0) is 23.3 Å². The first-order valence-corrected chi connectivity index (χ1v) is 10.8. The van der Waals surface area contributed by atoms with Gasteiger partial charge in [0.05, 0.1) is 12.3 Å². The smallest absolute Gasteiger partial charge is 0.341 e. The number of aliphatic carboxylic acids is 1. The lowest BCUT2D eigenvalue weighted by Gasteiger charge is -2.38. The molecule has 1 aliphatic rings. The molecule has 3 aromatic rings. The van der Waals surface area contributed by atoms with Gasteiger partial charge in [-0.15, -0.1) is 0 Å². The third-order valence-corrected chi connectivity index (χ3v) is 5.52. The molecule has 0 saturated carbocycles. The maximum atomic E-state index is 10.8. The summed E-state index contributed by atoms with van der Waals surface area (Å²) < 4.78 is 5.37. The quantitative estimate of drug-likeness (QED) is 0.551. The third-order valence-electron chi connectivity index (χ3n) is 5.52. The maximum Gasteiger partial charge on any atom is 0.341 e. The highest BCUT2D eigenvalue weighted by Gasteiger charge is 2.25. The van der Waals surface area contributed by atoms with Gasteiger partial charge in [0.25, 0.3) is 0 Å². The van der Waals surface area contributed by atoms with E-state index < -0.39 is 5.97 Å². The first kappa shape index (κ1) is 21.6. The van der Waals surface area contributed by atoms with Gasteiger partial charge in [0.2, 0.25) is 0 Å². The van der Waals surface area contributed by atoms with Crippen LogP contribution in [0.5, 0.6) is 5.75 Å². The molecule has 0 unspecified atom stereocenters. The highest BCUT2D eigenvalue weighted by molar-refractivity contribution is 5.83. The van der Waals surface area contributed by atoms with Gasteiger partial charge in [0.15, 0.2) is 6.61 Å². The van der Waals surface area contributed by atoms with Crippen molar-refractivity contribution >= 4 is 12.2 Å². The Hall–Kier alpha value is -3.64. The second kappa shape index (κ2) is 10.6. The van der Waals surface area contributed by atoms with E-state index in [-0.39, 0.29) is 12.6 Å². The number of carbonyl (C=O) groups is 1. The van der Waals surface area contributed by atoms with E-state index in [1.165, 1.54) is 11.1 Å². The Labute approximate surface area is 188 Å². The number of piperazine rings is 1. The topological polar surface area (TPSA) is 65.4 Å². The Bertz CT molecular complexity index is 993. The van der Waals surface area contributed by atoms with Crippen LogP contribution in [0.3, 0.4) is 0 Å². The number of hydrogen-bond acceptors (Lipinski definition) is 5. The lowest BCUT2D eigenvalue weighted by Crippen LogP contribution is -2.45. The molecule has 1 N–H and O–H groups in total. The minimum atomic E-state index is -1.00. The molecule has 6 nitrogen and oxygen atoms in total. The second-order valence-corrected chi connectivity index (χ2v) is 7.68.